The summed E-state index contributed by atoms with van der Waals surface area (Å²) in [5, 5.41) is 12.1. The molecule has 1 amide bonds. The Balaban J connectivity index is 0.00000256. The van der Waals surface area contributed by atoms with Crippen LogP contribution in [-0.4, -0.2) is 58.3 Å². The predicted molar refractivity (Wildman–Crippen MR) is 114 cm³/mol. The second kappa shape index (κ2) is 10.0. The van der Waals surface area contributed by atoms with Crippen molar-refractivity contribution in [2.24, 2.45) is 0 Å². The number of nitrogens with zero attached hydrogens (tertiary/aromatic N) is 4. The normalized spacial score (nSPS) is 16.5. The van der Waals surface area contributed by atoms with E-state index in [1.54, 1.807) is 12.1 Å². The first-order chi connectivity index (χ1) is 14.2. The minimum absolute atomic E-state index is 0. The molecule has 0 unspecified atom stereocenters. The lowest BCUT2D eigenvalue weighted by Crippen LogP contribution is -2.39. The highest BCUT2D eigenvalue weighted by molar-refractivity contribution is 5.89. The van der Waals surface area contributed by atoms with Gasteiger partial charge in [0.1, 0.15) is 11.6 Å². The molecule has 4 rings (SSSR count). The molecular formula is C21H28ClN5O3. The fourth-order valence-corrected chi connectivity index (χ4v) is 4.14. The second-order valence-corrected chi connectivity index (χ2v) is 7.65. The third-order valence-corrected chi connectivity index (χ3v) is 5.87. The largest absolute Gasteiger partial charge is 0.465 e. The number of carbonyl (C=O) groups excluding carboxylic acids is 2. The van der Waals surface area contributed by atoms with E-state index >= 15 is 0 Å². The van der Waals surface area contributed by atoms with Gasteiger partial charge in [-0.05, 0) is 37.0 Å². The van der Waals surface area contributed by atoms with Gasteiger partial charge in [0, 0.05) is 38.5 Å². The number of amides is 1. The maximum atomic E-state index is 12.6. The van der Waals surface area contributed by atoms with Gasteiger partial charge in [-0.25, -0.2) is 4.79 Å². The molecule has 9 heteroatoms. The van der Waals surface area contributed by atoms with E-state index < -0.39 is 0 Å². The Hall–Kier alpha value is -2.45. The number of benzene rings is 1. The maximum Gasteiger partial charge on any atom is 0.337 e. The zero-order chi connectivity index (χ0) is 20.2. The van der Waals surface area contributed by atoms with Gasteiger partial charge in [0.15, 0.2) is 0 Å². The molecule has 0 radical (unpaired) electrons. The molecular weight excluding hydrogens is 406 g/mol. The van der Waals surface area contributed by atoms with Crippen LogP contribution in [0.4, 0.5) is 0 Å². The average Bonchev–Trinajstić information content (AvgIpc) is 3.21. The molecule has 0 aliphatic carbocycles. The number of fused-ring (bicyclic) bond motifs is 1. The number of hydrogen-bond donors (Lipinski definition) is 1. The van der Waals surface area contributed by atoms with E-state index in [2.05, 4.69) is 20.1 Å². The molecule has 1 fully saturated rings. The molecule has 3 heterocycles. The standard InChI is InChI=1S/C21H27N5O3.ClH/c1-29-21(28)17-5-2-15(3-6-17)4-7-19(27)25-11-8-16(9-12-25)20-24-23-18-14-22-10-13-26(18)20;/h2-3,5-6,16,22H,4,7-14H2,1H3;1H. The van der Waals surface area contributed by atoms with Crippen LogP contribution in [-0.2, 0) is 29.0 Å². The van der Waals surface area contributed by atoms with Gasteiger partial charge >= 0.3 is 5.97 Å². The van der Waals surface area contributed by atoms with Crippen LogP contribution in [0.3, 0.4) is 0 Å². The number of piperidine rings is 1. The number of halogens is 1. The Morgan fingerprint density at radius 1 is 1.13 bits per heavy atom. The van der Waals surface area contributed by atoms with Crippen LogP contribution >= 0.6 is 12.4 Å². The Kier molecular flexibility index (Phi) is 7.44. The summed E-state index contributed by atoms with van der Waals surface area (Å²) in [4.78, 5) is 26.1. The zero-order valence-electron chi connectivity index (χ0n) is 17.2. The lowest BCUT2D eigenvalue weighted by Gasteiger charge is -2.32. The molecule has 8 nitrogen and oxygen atoms in total. The number of methoxy groups -OCH3 is 1. The highest BCUT2D eigenvalue weighted by Crippen LogP contribution is 2.28. The van der Waals surface area contributed by atoms with Crippen molar-refractivity contribution in [3.63, 3.8) is 0 Å². The van der Waals surface area contributed by atoms with Crippen LogP contribution in [0, 0.1) is 0 Å². The Labute approximate surface area is 182 Å². The molecule has 2 aliphatic heterocycles. The molecule has 2 aliphatic rings. The fraction of sp³-hybridized carbons (Fsp3) is 0.524. The molecule has 2 aromatic rings. The summed E-state index contributed by atoms with van der Waals surface area (Å²) in [6, 6.07) is 7.25. The Morgan fingerprint density at radius 2 is 1.87 bits per heavy atom. The monoisotopic (exact) mass is 433 g/mol. The highest BCUT2D eigenvalue weighted by Gasteiger charge is 2.28. The van der Waals surface area contributed by atoms with Gasteiger partial charge in [-0.15, -0.1) is 22.6 Å². The molecule has 30 heavy (non-hydrogen) atoms. The summed E-state index contributed by atoms with van der Waals surface area (Å²) in [7, 11) is 1.37. The van der Waals surface area contributed by atoms with Crippen molar-refractivity contribution < 1.29 is 14.3 Å². The van der Waals surface area contributed by atoms with Crippen molar-refractivity contribution in [2.75, 3.05) is 26.7 Å². The van der Waals surface area contributed by atoms with Gasteiger partial charge in [0.05, 0.1) is 19.2 Å². The van der Waals surface area contributed by atoms with Crippen molar-refractivity contribution in [2.45, 2.75) is 44.7 Å². The summed E-state index contributed by atoms with van der Waals surface area (Å²) in [5.74, 6) is 2.32. The molecule has 1 N–H and O–H groups in total. The smallest absolute Gasteiger partial charge is 0.337 e. The minimum Gasteiger partial charge on any atom is -0.465 e. The quantitative estimate of drug-likeness (QED) is 0.725. The molecule has 1 aromatic carbocycles. The summed E-state index contributed by atoms with van der Waals surface area (Å²) in [6.07, 6.45) is 3.02. The lowest BCUT2D eigenvalue weighted by atomic mass is 9.95. The highest BCUT2D eigenvalue weighted by atomic mass is 35.5. The second-order valence-electron chi connectivity index (χ2n) is 7.65. The van der Waals surface area contributed by atoms with Crippen LogP contribution in [0.5, 0.6) is 0 Å². The maximum absolute atomic E-state index is 12.6. The van der Waals surface area contributed by atoms with E-state index in [-0.39, 0.29) is 24.3 Å². The van der Waals surface area contributed by atoms with Crippen molar-refractivity contribution >= 4 is 24.3 Å². The van der Waals surface area contributed by atoms with Crippen LogP contribution in [0.25, 0.3) is 0 Å². The van der Waals surface area contributed by atoms with Crippen LogP contribution in [0.1, 0.15) is 52.8 Å². The van der Waals surface area contributed by atoms with E-state index in [0.717, 1.165) is 62.8 Å². The molecule has 0 spiro atoms. The fourth-order valence-electron chi connectivity index (χ4n) is 4.14. The number of aryl methyl sites for hydroxylation is 1. The molecule has 1 saturated heterocycles. The third-order valence-electron chi connectivity index (χ3n) is 5.87. The number of hydrogen-bond acceptors (Lipinski definition) is 6. The number of rotatable bonds is 5. The van der Waals surface area contributed by atoms with E-state index in [9.17, 15) is 9.59 Å². The minimum atomic E-state index is -0.347. The average molecular weight is 434 g/mol. The topological polar surface area (TPSA) is 89.4 Å². The lowest BCUT2D eigenvalue weighted by molar-refractivity contribution is -0.132. The number of likely N-dealkylation sites (tertiary alicyclic amines) is 1. The van der Waals surface area contributed by atoms with Crippen molar-refractivity contribution in [3.05, 3.63) is 47.0 Å². The summed E-state index contributed by atoms with van der Waals surface area (Å²) >= 11 is 0. The third kappa shape index (κ3) is 4.82. The Morgan fingerprint density at radius 3 is 2.57 bits per heavy atom. The van der Waals surface area contributed by atoms with E-state index in [4.69, 9.17) is 4.74 Å². The van der Waals surface area contributed by atoms with E-state index in [1.807, 2.05) is 17.0 Å². The van der Waals surface area contributed by atoms with Gasteiger partial charge in [0.25, 0.3) is 0 Å². The van der Waals surface area contributed by atoms with Crippen molar-refractivity contribution in [1.29, 1.82) is 0 Å². The van der Waals surface area contributed by atoms with Gasteiger partial charge in [0.2, 0.25) is 5.91 Å². The van der Waals surface area contributed by atoms with Crippen LogP contribution < -0.4 is 5.32 Å². The molecule has 0 saturated carbocycles. The number of ether oxygens (including phenoxy) is 1. The first kappa shape index (κ1) is 22.2. The molecule has 1 aromatic heterocycles. The predicted octanol–water partition coefficient (Wildman–Crippen LogP) is 1.93. The molecule has 0 atom stereocenters. The van der Waals surface area contributed by atoms with E-state index in [1.165, 1.54) is 7.11 Å². The SMILES string of the molecule is COC(=O)c1ccc(CCC(=O)N2CCC(c3nnc4n3CCNC4)CC2)cc1.Cl. The van der Waals surface area contributed by atoms with Crippen molar-refractivity contribution in [3.8, 4) is 0 Å². The van der Waals surface area contributed by atoms with Gasteiger partial charge in [-0.1, -0.05) is 12.1 Å². The molecule has 0 bridgehead atoms. The summed E-state index contributed by atoms with van der Waals surface area (Å²) in [6.45, 7) is 4.20. The van der Waals surface area contributed by atoms with Crippen molar-refractivity contribution in [1.82, 2.24) is 25.0 Å². The summed E-state index contributed by atoms with van der Waals surface area (Å²) < 4.78 is 6.95. The van der Waals surface area contributed by atoms with Gasteiger partial charge in [-0.2, -0.15) is 0 Å². The van der Waals surface area contributed by atoms with Crippen LogP contribution in [0.15, 0.2) is 24.3 Å². The number of nitrogens with one attached hydrogen (secondary N) is 1. The first-order valence-electron chi connectivity index (χ1n) is 10.2. The Bertz CT molecular complexity index is 875. The van der Waals surface area contributed by atoms with Crippen LogP contribution in [0.2, 0.25) is 0 Å². The first-order valence-corrected chi connectivity index (χ1v) is 10.2. The van der Waals surface area contributed by atoms with E-state index in [0.29, 0.717) is 24.3 Å². The molecule has 162 valence electrons. The summed E-state index contributed by atoms with van der Waals surface area (Å²) in [5.41, 5.74) is 1.57. The number of esters is 1. The number of carbonyl (C=O) groups is 2. The number of aromatic nitrogens is 3. The van der Waals surface area contributed by atoms with Gasteiger partial charge in [-0.3, -0.25) is 4.79 Å². The zero-order valence-corrected chi connectivity index (χ0v) is 18.0. The van der Waals surface area contributed by atoms with Gasteiger partial charge < -0.3 is 19.5 Å².